The zero-order chi connectivity index (χ0) is 23.9. The number of fused-ring (bicyclic) bond motifs is 4. The summed E-state index contributed by atoms with van der Waals surface area (Å²) in [6.45, 7) is 0.0419. The number of benzene rings is 3. The average molecular weight is 467 g/mol. The van der Waals surface area contributed by atoms with E-state index in [0.29, 0.717) is 17.1 Å². The van der Waals surface area contributed by atoms with Crippen LogP contribution in [0.3, 0.4) is 0 Å². The lowest BCUT2D eigenvalue weighted by atomic mass is 9.77. The second-order valence-corrected chi connectivity index (χ2v) is 8.94. The lowest BCUT2D eigenvalue weighted by Crippen LogP contribution is -2.51. The van der Waals surface area contributed by atoms with Gasteiger partial charge >= 0.3 is 0 Å². The largest absolute Gasteiger partial charge is 0.454 e. The molecule has 0 aromatic heterocycles. The van der Waals surface area contributed by atoms with Crippen molar-refractivity contribution >= 4 is 29.1 Å². The van der Waals surface area contributed by atoms with Crippen LogP contribution in [0.2, 0.25) is 0 Å². The highest BCUT2D eigenvalue weighted by Gasteiger charge is 2.74. The van der Waals surface area contributed by atoms with Crippen molar-refractivity contribution in [1.29, 1.82) is 0 Å². The van der Waals surface area contributed by atoms with Gasteiger partial charge in [-0.2, -0.15) is 0 Å². The maximum atomic E-state index is 13.9. The number of anilines is 1. The Bertz CT molecular complexity index is 1430. The van der Waals surface area contributed by atoms with Crippen LogP contribution in [-0.2, 0) is 14.3 Å². The molecule has 8 heteroatoms. The molecular formula is C27H17NO7. The molecule has 3 aromatic rings. The first-order chi connectivity index (χ1) is 17.0. The number of carbonyl (C=O) groups excluding carboxylic acids is 4. The van der Waals surface area contributed by atoms with Gasteiger partial charge in [-0.1, -0.05) is 54.6 Å². The number of hydrogen-bond acceptors (Lipinski definition) is 7. The highest BCUT2D eigenvalue weighted by Crippen LogP contribution is 2.58. The Morgan fingerprint density at radius 2 is 1.40 bits per heavy atom. The summed E-state index contributed by atoms with van der Waals surface area (Å²) < 4.78 is 17.0. The van der Waals surface area contributed by atoms with Gasteiger partial charge in [0.25, 0.3) is 0 Å². The van der Waals surface area contributed by atoms with Crippen LogP contribution >= 0.6 is 0 Å². The summed E-state index contributed by atoms with van der Waals surface area (Å²) in [5.41, 5.74) is -0.786. The van der Waals surface area contributed by atoms with E-state index >= 15 is 0 Å². The second-order valence-electron chi connectivity index (χ2n) is 8.94. The molecule has 172 valence electrons. The van der Waals surface area contributed by atoms with Crippen LogP contribution in [-0.4, -0.2) is 35.8 Å². The Kier molecular flexibility index (Phi) is 3.94. The van der Waals surface area contributed by atoms with Crippen molar-refractivity contribution in [2.75, 3.05) is 11.7 Å². The monoisotopic (exact) mass is 467 g/mol. The molecule has 0 unspecified atom stereocenters. The molecule has 3 aromatic carbocycles. The second kappa shape index (κ2) is 6.86. The predicted octanol–water partition coefficient (Wildman–Crippen LogP) is 3.11. The molecule has 1 aliphatic carbocycles. The van der Waals surface area contributed by atoms with E-state index in [4.69, 9.17) is 14.2 Å². The molecule has 0 radical (unpaired) electrons. The van der Waals surface area contributed by atoms with Gasteiger partial charge in [0.1, 0.15) is 0 Å². The number of hydrogen-bond donors (Lipinski definition) is 0. The first-order valence-electron chi connectivity index (χ1n) is 11.2. The van der Waals surface area contributed by atoms with Crippen LogP contribution in [0.1, 0.15) is 32.4 Å². The third-order valence-corrected chi connectivity index (χ3v) is 7.26. The minimum absolute atomic E-state index is 0.0419. The molecule has 3 heterocycles. The molecule has 3 aliphatic heterocycles. The smallest absolute Gasteiger partial charge is 0.241 e. The summed E-state index contributed by atoms with van der Waals surface area (Å²) in [5, 5.41) is 0. The highest BCUT2D eigenvalue weighted by molar-refractivity contribution is 6.37. The number of ketones is 2. The highest BCUT2D eigenvalue weighted by atomic mass is 16.7. The maximum absolute atomic E-state index is 13.9. The van der Waals surface area contributed by atoms with E-state index in [1.165, 1.54) is 0 Å². The molecule has 1 spiro atoms. The number of imide groups is 1. The van der Waals surface area contributed by atoms with E-state index in [1.54, 1.807) is 66.7 Å². The van der Waals surface area contributed by atoms with E-state index in [1.807, 2.05) is 6.07 Å². The van der Waals surface area contributed by atoms with Crippen LogP contribution in [0, 0.1) is 11.8 Å². The van der Waals surface area contributed by atoms with E-state index in [9.17, 15) is 19.2 Å². The van der Waals surface area contributed by atoms with Gasteiger partial charge in [0.05, 0.1) is 23.6 Å². The zero-order valence-electron chi connectivity index (χ0n) is 18.2. The summed E-state index contributed by atoms with van der Waals surface area (Å²) in [5.74, 6) is -3.76. The minimum Gasteiger partial charge on any atom is -0.454 e. The number of Topliss-reactive ketones (excluding diaryl/α,β-unsaturated/α-hetero) is 2. The van der Waals surface area contributed by atoms with Crippen LogP contribution in [0.15, 0.2) is 72.8 Å². The van der Waals surface area contributed by atoms with Gasteiger partial charge in [0, 0.05) is 17.2 Å². The van der Waals surface area contributed by atoms with E-state index in [2.05, 4.69) is 0 Å². The fraction of sp³-hybridized carbons (Fsp3) is 0.185. The van der Waals surface area contributed by atoms with Crippen molar-refractivity contribution < 1.29 is 33.4 Å². The van der Waals surface area contributed by atoms with Gasteiger partial charge in [-0.25, -0.2) is 4.90 Å². The molecule has 3 atom stereocenters. The minimum atomic E-state index is -2.09. The van der Waals surface area contributed by atoms with Gasteiger partial charge in [-0.05, 0) is 17.7 Å². The van der Waals surface area contributed by atoms with Gasteiger partial charge in [0.2, 0.25) is 35.8 Å². The summed E-state index contributed by atoms with van der Waals surface area (Å²) in [6, 6.07) is 20.1. The number of ether oxygens (including phenoxy) is 3. The Morgan fingerprint density at radius 1 is 0.743 bits per heavy atom. The topological polar surface area (TPSA) is 99.2 Å². The first kappa shape index (κ1) is 20.1. The number of rotatable bonds is 2. The summed E-state index contributed by atoms with van der Waals surface area (Å²) >= 11 is 0. The third kappa shape index (κ3) is 2.44. The summed E-state index contributed by atoms with van der Waals surface area (Å²) in [4.78, 5) is 56.3. The van der Waals surface area contributed by atoms with E-state index in [-0.39, 0.29) is 23.6 Å². The molecule has 2 amide bonds. The van der Waals surface area contributed by atoms with Crippen molar-refractivity contribution in [2.45, 2.75) is 11.7 Å². The normalized spacial score (nSPS) is 25.5. The number of amides is 2. The average Bonchev–Trinajstić information content (AvgIpc) is 3.61. The van der Waals surface area contributed by atoms with Crippen LogP contribution in [0.4, 0.5) is 5.69 Å². The molecule has 8 nitrogen and oxygen atoms in total. The SMILES string of the molecule is O=C1[C@@H]2[C@@H](C(=O)N1c1ccc3c(c1)OCO3)C1(O[C@H]2c2ccccc2)C(=O)c2ccccc2C1=O. The fourth-order valence-electron chi connectivity index (χ4n) is 5.74. The summed E-state index contributed by atoms with van der Waals surface area (Å²) in [6.07, 6.45) is -0.945. The Morgan fingerprint density at radius 3 is 2.11 bits per heavy atom. The standard InChI is InChI=1S/C27H17NO7/c29-23-16-8-4-5-9-17(16)24(30)27(23)21-20(22(35-27)14-6-2-1-3-7-14)25(31)28(26(21)32)15-10-11-18-19(12-15)34-13-33-18/h1-12,20-22H,13H2/t20-,21+,22+/m1/s1. The molecule has 0 bridgehead atoms. The van der Waals surface area contributed by atoms with Crippen LogP contribution < -0.4 is 14.4 Å². The predicted molar refractivity (Wildman–Crippen MR) is 120 cm³/mol. The third-order valence-electron chi connectivity index (χ3n) is 7.26. The van der Waals surface area contributed by atoms with Gasteiger partial charge in [-0.15, -0.1) is 0 Å². The Balaban J connectivity index is 1.40. The maximum Gasteiger partial charge on any atom is 0.241 e. The fourth-order valence-corrected chi connectivity index (χ4v) is 5.74. The van der Waals surface area contributed by atoms with Crippen molar-refractivity contribution in [2.24, 2.45) is 11.8 Å². The molecular weight excluding hydrogens is 450 g/mol. The van der Waals surface area contributed by atoms with Crippen molar-refractivity contribution in [1.82, 2.24) is 0 Å². The van der Waals surface area contributed by atoms with Crippen molar-refractivity contribution in [3.63, 3.8) is 0 Å². The van der Waals surface area contributed by atoms with Gasteiger partial charge in [0.15, 0.2) is 11.5 Å². The molecule has 0 N–H and O–H groups in total. The van der Waals surface area contributed by atoms with Crippen LogP contribution in [0.25, 0.3) is 0 Å². The lowest BCUT2D eigenvalue weighted by Gasteiger charge is -2.27. The summed E-state index contributed by atoms with van der Waals surface area (Å²) in [7, 11) is 0. The molecule has 35 heavy (non-hydrogen) atoms. The van der Waals surface area contributed by atoms with Crippen molar-refractivity contribution in [3.05, 3.63) is 89.5 Å². The zero-order valence-corrected chi connectivity index (χ0v) is 18.2. The quantitative estimate of drug-likeness (QED) is 0.422. The molecule has 2 fully saturated rings. The lowest BCUT2D eigenvalue weighted by molar-refractivity contribution is -0.127. The first-order valence-corrected chi connectivity index (χ1v) is 11.2. The number of carbonyl (C=O) groups is 4. The van der Waals surface area contributed by atoms with Gasteiger partial charge in [-0.3, -0.25) is 19.2 Å². The number of nitrogens with zero attached hydrogens (tertiary/aromatic N) is 1. The molecule has 0 saturated carbocycles. The van der Waals surface area contributed by atoms with E-state index in [0.717, 1.165) is 4.90 Å². The Labute approximate surface area is 199 Å². The van der Waals surface area contributed by atoms with E-state index < -0.39 is 46.9 Å². The van der Waals surface area contributed by atoms with Crippen molar-refractivity contribution in [3.8, 4) is 11.5 Å². The van der Waals surface area contributed by atoms with Crippen LogP contribution in [0.5, 0.6) is 11.5 Å². The van der Waals surface area contributed by atoms with Gasteiger partial charge < -0.3 is 14.2 Å². The molecule has 2 saturated heterocycles. The molecule has 4 aliphatic rings. The molecule has 7 rings (SSSR count). The Hall–Kier alpha value is -4.30.